The molecule has 0 aromatic heterocycles. The largest absolute Gasteiger partial charge is 0.368 e. The molecule has 4 heteroatoms. The number of amidine groups is 1. The molecule has 1 fully saturated rings. The van der Waals surface area contributed by atoms with Crippen LogP contribution >= 0.6 is 0 Å². The zero-order valence-electron chi connectivity index (χ0n) is 11.9. The maximum Gasteiger partial charge on any atom is 0.229 e. The van der Waals surface area contributed by atoms with Gasteiger partial charge in [0.15, 0.2) is 0 Å². The molecule has 1 N–H and O–H groups in total. The number of carbonyl (C=O) groups is 1. The number of carbonyl (C=O) groups excluding carboxylic acids is 1. The number of hydrogen-bond acceptors (Lipinski definition) is 3. The fraction of sp³-hybridized carbons (Fsp3) is 0.500. The smallest absolute Gasteiger partial charge is 0.229 e. The highest BCUT2D eigenvalue weighted by atomic mass is 16.2. The van der Waals surface area contributed by atoms with Crippen molar-refractivity contribution in [3.05, 3.63) is 35.4 Å². The van der Waals surface area contributed by atoms with E-state index in [0.717, 1.165) is 56.0 Å². The summed E-state index contributed by atoms with van der Waals surface area (Å²) in [6, 6.07) is 8.22. The number of benzene rings is 1. The van der Waals surface area contributed by atoms with Gasteiger partial charge in [-0.25, -0.2) is 0 Å². The third-order valence-electron chi connectivity index (χ3n) is 4.15. The molecule has 0 spiro atoms. The van der Waals surface area contributed by atoms with E-state index >= 15 is 0 Å². The van der Waals surface area contributed by atoms with E-state index in [0.29, 0.717) is 0 Å². The van der Waals surface area contributed by atoms with Crippen molar-refractivity contribution < 1.29 is 4.79 Å². The molecule has 2 aliphatic heterocycles. The second-order valence-electron chi connectivity index (χ2n) is 5.53. The van der Waals surface area contributed by atoms with Crippen molar-refractivity contribution in [2.75, 3.05) is 26.2 Å². The molecule has 1 saturated heterocycles. The van der Waals surface area contributed by atoms with Crippen LogP contribution in [0, 0.1) is 0 Å². The second-order valence-corrected chi connectivity index (χ2v) is 5.53. The van der Waals surface area contributed by atoms with Crippen molar-refractivity contribution in [3.8, 4) is 0 Å². The Labute approximate surface area is 119 Å². The number of nitrogens with one attached hydrogen (secondary N) is 1. The van der Waals surface area contributed by atoms with Crippen LogP contribution in [0.4, 0.5) is 0 Å². The van der Waals surface area contributed by atoms with Gasteiger partial charge in [0.1, 0.15) is 5.84 Å². The van der Waals surface area contributed by atoms with Gasteiger partial charge < -0.3 is 10.2 Å². The minimum atomic E-state index is -0.0550. The van der Waals surface area contributed by atoms with Crippen LogP contribution in [0.2, 0.25) is 0 Å². The molecule has 20 heavy (non-hydrogen) atoms. The predicted molar refractivity (Wildman–Crippen MR) is 80.1 cm³/mol. The first-order valence-electron chi connectivity index (χ1n) is 7.43. The third kappa shape index (κ3) is 2.55. The topological polar surface area (TPSA) is 44.7 Å². The minimum Gasteiger partial charge on any atom is -0.368 e. The molecule has 0 bridgehead atoms. The summed E-state index contributed by atoms with van der Waals surface area (Å²) in [4.78, 5) is 18.8. The number of aliphatic imine (C=N–C) groups is 1. The van der Waals surface area contributed by atoms with Gasteiger partial charge in [0.2, 0.25) is 5.91 Å². The highest BCUT2D eigenvalue weighted by molar-refractivity contribution is 5.99. The normalized spacial score (nSPS) is 19.6. The van der Waals surface area contributed by atoms with E-state index in [9.17, 15) is 4.79 Å². The van der Waals surface area contributed by atoms with Gasteiger partial charge in [-0.3, -0.25) is 9.79 Å². The molecule has 1 amide bonds. The Balaban J connectivity index is 1.71. The maximum absolute atomic E-state index is 12.4. The quantitative estimate of drug-likeness (QED) is 0.910. The van der Waals surface area contributed by atoms with Gasteiger partial charge in [-0.05, 0) is 25.3 Å². The first-order valence-corrected chi connectivity index (χ1v) is 7.43. The SMILES string of the molecule is C[C@H](C(=O)N1CCCC1)c1ccc(C2=NCCN2)cc1. The summed E-state index contributed by atoms with van der Waals surface area (Å²) in [5.41, 5.74) is 2.19. The predicted octanol–water partition coefficient (Wildman–Crippen LogP) is 1.76. The summed E-state index contributed by atoms with van der Waals surface area (Å²) in [6.07, 6.45) is 2.28. The lowest BCUT2D eigenvalue weighted by molar-refractivity contribution is -0.131. The Morgan fingerprint density at radius 2 is 1.95 bits per heavy atom. The van der Waals surface area contributed by atoms with Crippen molar-refractivity contribution in [1.29, 1.82) is 0 Å². The van der Waals surface area contributed by atoms with E-state index in [-0.39, 0.29) is 11.8 Å². The molecular weight excluding hydrogens is 250 g/mol. The molecule has 0 radical (unpaired) electrons. The highest BCUT2D eigenvalue weighted by Crippen LogP contribution is 2.21. The lowest BCUT2D eigenvalue weighted by Gasteiger charge is -2.20. The first-order chi connectivity index (χ1) is 9.75. The molecule has 2 heterocycles. The molecule has 1 aromatic carbocycles. The molecule has 0 aliphatic carbocycles. The second kappa shape index (κ2) is 5.65. The van der Waals surface area contributed by atoms with Gasteiger partial charge in [0, 0.05) is 25.2 Å². The molecular formula is C16H21N3O. The zero-order valence-corrected chi connectivity index (χ0v) is 11.9. The summed E-state index contributed by atoms with van der Waals surface area (Å²) in [5.74, 6) is 1.17. The summed E-state index contributed by atoms with van der Waals surface area (Å²) in [7, 11) is 0. The number of rotatable bonds is 3. The average molecular weight is 271 g/mol. The van der Waals surface area contributed by atoms with Crippen LogP contribution < -0.4 is 5.32 Å². The molecule has 2 aliphatic rings. The van der Waals surface area contributed by atoms with Crippen LogP contribution in [0.3, 0.4) is 0 Å². The zero-order chi connectivity index (χ0) is 13.9. The molecule has 0 unspecified atom stereocenters. The van der Waals surface area contributed by atoms with Crippen molar-refractivity contribution in [2.45, 2.75) is 25.7 Å². The van der Waals surface area contributed by atoms with E-state index < -0.39 is 0 Å². The number of amides is 1. The number of hydrogen-bond donors (Lipinski definition) is 1. The molecule has 0 saturated carbocycles. The van der Waals surface area contributed by atoms with Crippen LogP contribution in [0.1, 0.15) is 36.8 Å². The monoisotopic (exact) mass is 271 g/mol. The Kier molecular flexibility index (Phi) is 3.72. The van der Waals surface area contributed by atoms with Crippen LogP contribution in [0.25, 0.3) is 0 Å². The molecule has 3 rings (SSSR count). The van der Waals surface area contributed by atoms with Gasteiger partial charge in [-0.2, -0.15) is 0 Å². The van der Waals surface area contributed by atoms with E-state index in [1.165, 1.54) is 0 Å². The van der Waals surface area contributed by atoms with Gasteiger partial charge in [-0.15, -0.1) is 0 Å². The van der Waals surface area contributed by atoms with Crippen molar-refractivity contribution in [2.24, 2.45) is 4.99 Å². The van der Waals surface area contributed by atoms with Crippen LogP contribution in [0.5, 0.6) is 0 Å². The summed E-state index contributed by atoms with van der Waals surface area (Å²) in [5, 5.41) is 3.26. The number of nitrogens with zero attached hydrogens (tertiary/aromatic N) is 2. The van der Waals surface area contributed by atoms with Crippen LogP contribution in [-0.2, 0) is 4.79 Å². The first kappa shape index (κ1) is 13.2. The number of likely N-dealkylation sites (tertiary alicyclic amines) is 1. The lowest BCUT2D eigenvalue weighted by Crippen LogP contribution is -2.31. The minimum absolute atomic E-state index is 0.0550. The Hall–Kier alpha value is -1.84. The van der Waals surface area contributed by atoms with Gasteiger partial charge in [0.05, 0.1) is 12.5 Å². The summed E-state index contributed by atoms with van der Waals surface area (Å²) >= 11 is 0. The molecule has 4 nitrogen and oxygen atoms in total. The molecule has 1 atom stereocenters. The molecule has 106 valence electrons. The summed E-state index contributed by atoms with van der Waals surface area (Å²) < 4.78 is 0. The van der Waals surface area contributed by atoms with Crippen LogP contribution in [0.15, 0.2) is 29.3 Å². The van der Waals surface area contributed by atoms with E-state index in [2.05, 4.69) is 34.6 Å². The van der Waals surface area contributed by atoms with Gasteiger partial charge in [0.25, 0.3) is 0 Å². The Bertz CT molecular complexity index is 515. The fourth-order valence-electron chi connectivity index (χ4n) is 2.87. The van der Waals surface area contributed by atoms with E-state index in [4.69, 9.17) is 0 Å². The van der Waals surface area contributed by atoms with Gasteiger partial charge >= 0.3 is 0 Å². The average Bonchev–Trinajstić information content (AvgIpc) is 3.18. The molecule has 1 aromatic rings. The fourth-order valence-corrected chi connectivity index (χ4v) is 2.87. The van der Waals surface area contributed by atoms with Crippen molar-refractivity contribution >= 4 is 11.7 Å². The highest BCUT2D eigenvalue weighted by Gasteiger charge is 2.24. The van der Waals surface area contributed by atoms with E-state index in [1.54, 1.807) is 0 Å². The Morgan fingerprint density at radius 1 is 1.25 bits per heavy atom. The van der Waals surface area contributed by atoms with Gasteiger partial charge in [-0.1, -0.05) is 24.3 Å². The third-order valence-corrected chi connectivity index (χ3v) is 4.15. The maximum atomic E-state index is 12.4. The van der Waals surface area contributed by atoms with Crippen molar-refractivity contribution in [3.63, 3.8) is 0 Å². The summed E-state index contributed by atoms with van der Waals surface area (Å²) in [6.45, 7) is 5.60. The van der Waals surface area contributed by atoms with Crippen LogP contribution in [-0.4, -0.2) is 42.8 Å². The van der Waals surface area contributed by atoms with E-state index in [1.807, 2.05) is 11.8 Å². The lowest BCUT2D eigenvalue weighted by atomic mass is 9.98. The van der Waals surface area contributed by atoms with Crippen molar-refractivity contribution in [1.82, 2.24) is 10.2 Å². The standard InChI is InChI=1S/C16H21N3O/c1-12(16(20)19-10-2-3-11-19)13-4-6-14(7-5-13)15-17-8-9-18-15/h4-7,12H,2-3,8-11H2,1H3,(H,17,18)/t12-/m0/s1. The Morgan fingerprint density at radius 3 is 2.55 bits per heavy atom.